The Morgan fingerprint density at radius 1 is 1.03 bits per heavy atom. The first-order chi connectivity index (χ1) is 14.1. The third-order valence-electron chi connectivity index (χ3n) is 5.93. The van der Waals surface area contributed by atoms with Crippen molar-refractivity contribution in [2.24, 2.45) is 0 Å². The molecule has 5 rings (SSSR count). The second kappa shape index (κ2) is 7.04. The van der Waals surface area contributed by atoms with E-state index in [1.54, 1.807) is 6.07 Å². The molecule has 1 aromatic heterocycles. The minimum atomic E-state index is -0.115. The second-order valence-corrected chi connectivity index (χ2v) is 7.83. The first-order valence-electron chi connectivity index (χ1n) is 9.86. The normalized spacial score (nSPS) is 17.3. The molecule has 2 aromatic carbocycles. The zero-order chi connectivity index (χ0) is 19.8. The van der Waals surface area contributed by atoms with E-state index in [-0.39, 0.29) is 18.0 Å². The van der Waals surface area contributed by atoms with E-state index in [0.717, 1.165) is 37.1 Å². The van der Waals surface area contributed by atoms with Gasteiger partial charge in [0.2, 0.25) is 12.6 Å². The van der Waals surface area contributed by atoms with E-state index in [0.29, 0.717) is 28.5 Å². The minimum Gasteiger partial charge on any atom is -0.454 e. The molecule has 1 saturated heterocycles. The van der Waals surface area contributed by atoms with Gasteiger partial charge >= 0.3 is 0 Å². The van der Waals surface area contributed by atoms with Crippen LogP contribution in [-0.4, -0.2) is 30.8 Å². The summed E-state index contributed by atoms with van der Waals surface area (Å²) >= 11 is 0. The maximum atomic E-state index is 13.3. The van der Waals surface area contributed by atoms with Gasteiger partial charge in [-0.15, -0.1) is 0 Å². The highest BCUT2D eigenvalue weighted by Gasteiger charge is 2.33. The van der Waals surface area contributed by atoms with Gasteiger partial charge in [-0.25, -0.2) is 0 Å². The van der Waals surface area contributed by atoms with Gasteiger partial charge < -0.3 is 19.3 Å². The van der Waals surface area contributed by atoms with Gasteiger partial charge in [0.25, 0.3) is 0 Å². The number of nitrogens with one attached hydrogen (secondary N) is 1. The average Bonchev–Trinajstić information content (AvgIpc) is 3.43. The fourth-order valence-corrected chi connectivity index (χ4v) is 4.16. The molecule has 0 saturated carbocycles. The van der Waals surface area contributed by atoms with Crippen molar-refractivity contribution in [1.82, 2.24) is 10.5 Å². The van der Waals surface area contributed by atoms with Crippen molar-refractivity contribution in [2.45, 2.75) is 25.2 Å². The monoisotopic (exact) mass is 390 g/mol. The topological polar surface area (TPSA) is 73.6 Å². The van der Waals surface area contributed by atoms with E-state index < -0.39 is 0 Å². The number of hydrogen-bond acceptors (Lipinski definition) is 6. The Bertz CT molecular complexity index is 1070. The Morgan fingerprint density at radius 2 is 1.83 bits per heavy atom. The summed E-state index contributed by atoms with van der Waals surface area (Å²) in [6, 6.07) is 15.1. The molecule has 1 N–H and O–H groups in total. The van der Waals surface area contributed by atoms with Crippen LogP contribution in [0.5, 0.6) is 11.5 Å². The van der Waals surface area contributed by atoms with E-state index in [1.165, 1.54) is 0 Å². The number of aromatic nitrogens is 1. The van der Waals surface area contributed by atoms with Crippen LogP contribution in [0, 0.1) is 0 Å². The zero-order valence-corrected chi connectivity index (χ0v) is 16.2. The highest BCUT2D eigenvalue weighted by atomic mass is 16.7. The van der Waals surface area contributed by atoms with Crippen molar-refractivity contribution in [3.8, 4) is 22.8 Å². The lowest BCUT2D eigenvalue weighted by Crippen LogP contribution is -2.38. The van der Waals surface area contributed by atoms with Crippen molar-refractivity contribution in [2.75, 3.05) is 19.9 Å². The SMILES string of the molecule is CC1(c2ccccc2C(=O)c2cc(-c3ccc4c(c3)OCO4)on2)CCNCC1. The molecular weight excluding hydrogens is 368 g/mol. The van der Waals surface area contributed by atoms with E-state index >= 15 is 0 Å². The molecular formula is C23H22N2O4. The third-order valence-corrected chi connectivity index (χ3v) is 5.93. The molecule has 6 nitrogen and oxygen atoms in total. The van der Waals surface area contributed by atoms with Crippen molar-refractivity contribution < 1.29 is 18.8 Å². The quantitative estimate of drug-likeness (QED) is 0.680. The first-order valence-corrected chi connectivity index (χ1v) is 9.86. The fourth-order valence-electron chi connectivity index (χ4n) is 4.16. The number of fused-ring (bicyclic) bond motifs is 1. The molecule has 0 unspecified atom stereocenters. The van der Waals surface area contributed by atoms with E-state index in [9.17, 15) is 4.79 Å². The standard InChI is InChI=1S/C23H22N2O4/c1-23(8-10-24-11-9-23)17-5-3-2-4-16(17)22(26)18-13-20(29-25-18)15-6-7-19-21(12-15)28-14-27-19/h2-7,12-13,24H,8-11,14H2,1H3. The molecule has 2 aliphatic rings. The van der Waals surface area contributed by atoms with Crippen LogP contribution in [0.25, 0.3) is 11.3 Å². The number of hydrogen-bond donors (Lipinski definition) is 1. The van der Waals surface area contributed by atoms with Gasteiger partial charge in [-0.2, -0.15) is 0 Å². The van der Waals surface area contributed by atoms with Gasteiger partial charge in [0.15, 0.2) is 23.0 Å². The second-order valence-electron chi connectivity index (χ2n) is 7.83. The Hall–Kier alpha value is -3.12. The van der Waals surface area contributed by atoms with Crippen LogP contribution in [-0.2, 0) is 5.41 Å². The van der Waals surface area contributed by atoms with Gasteiger partial charge in [0.1, 0.15) is 0 Å². The number of ether oxygens (including phenoxy) is 2. The summed E-state index contributed by atoms with van der Waals surface area (Å²) in [5, 5.41) is 7.46. The van der Waals surface area contributed by atoms with Crippen LogP contribution in [0.2, 0.25) is 0 Å². The average molecular weight is 390 g/mol. The zero-order valence-electron chi connectivity index (χ0n) is 16.2. The number of carbonyl (C=O) groups excluding carboxylic acids is 1. The van der Waals surface area contributed by atoms with E-state index in [4.69, 9.17) is 14.0 Å². The molecule has 148 valence electrons. The molecule has 0 bridgehead atoms. The summed E-state index contributed by atoms with van der Waals surface area (Å²) in [5.74, 6) is 1.78. The van der Waals surface area contributed by atoms with Crippen molar-refractivity contribution in [1.29, 1.82) is 0 Å². The molecule has 2 aliphatic heterocycles. The number of carbonyl (C=O) groups is 1. The summed E-state index contributed by atoms with van der Waals surface area (Å²) in [5.41, 5.74) is 2.85. The predicted molar refractivity (Wildman–Crippen MR) is 107 cm³/mol. The van der Waals surface area contributed by atoms with Gasteiger partial charge in [0, 0.05) is 17.2 Å². The number of nitrogens with zero attached hydrogens (tertiary/aromatic N) is 1. The van der Waals surface area contributed by atoms with Crippen LogP contribution < -0.4 is 14.8 Å². The molecule has 0 atom stereocenters. The smallest absolute Gasteiger partial charge is 0.231 e. The molecule has 3 aromatic rings. The Morgan fingerprint density at radius 3 is 2.69 bits per heavy atom. The summed E-state index contributed by atoms with van der Waals surface area (Å²) < 4.78 is 16.3. The lowest BCUT2D eigenvalue weighted by atomic mass is 9.72. The van der Waals surface area contributed by atoms with Crippen LogP contribution in [0.3, 0.4) is 0 Å². The van der Waals surface area contributed by atoms with Crippen LogP contribution in [0.15, 0.2) is 53.1 Å². The molecule has 0 amide bonds. The largest absolute Gasteiger partial charge is 0.454 e. The third kappa shape index (κ3) is 3.19. The molecule has 0 aliphatic carbocycles. The lowest BCUT2D eigenvalue weighted by molar-refractivity contribution is 0.102. The molecule has 29 heavy (non-hydrogen) atoms. The molecule has 0 radical (unpaired) electrons. The minimum absolute atomic E-state index is 0.0264. The number of ketones is 1. The summed E-state index contributed by atoms with van der Waals surface area (Å²) in [7, 11) is 0. The number of piperidine rings is 1. The lowest BCUT2D eigenvalue weighted by Gasteiger charge is -2.35. The first kappa shape index (κ1) is 17.9. The predicted octanol–water partition coefficient (Wildman–Crippen LogP) is 3.94. The number of benzene rings is 2. The van der Waals surface area contributed by atoms with Crippen molar-refractivity contribution >= 4 is 5.78 Å². The van der Waals surface area contributed by atoms with E-state index in [2.05, 4.69) is 23.5 Å². The molecule has 0 spiro atoms. The Kier molecular flexibility index (Phi) is 4.36. The van der Waals surface area contributed by atoms with Gasteiger partial charge in [-0.3, -0.25) is 4.79 Å². The highest BCUT2D eigenvalue weighted by molar-refractivity contribution is 6.09. The maximum Gasteiger partial charge on any atom is 0.231 e. The van der Waals surface area contributed by atoms with Crippen molar-refractivity contribution in [3.63, 3.8) is 0 Å². The Labute approximate surface area is 168 Å². The van der Waals surface area contributed by atoms with Gasteiger partial charge in [-0.05, 0) is 55.1 Å². The molecule has 6 heteroatoms. The van der Waals surface area contributed by atoms with Gasteiger partial charge in [-0.1, -0.05) is 36.3 Å². The maximum absolute atomic E-state index is 13.3. The Balaban J connectivity index is 1.47. The fraction of sp³-hybridized carbons (Fsp3) is 0.304. The van der Waals surface area contributed by atoms with Crippen LogP contribution >= 0.6 is 0 Å². The van der Waals surface area contributed by atoms with Crippen molar-refractivity contribution in [3.05, 3.63) is 65.4 Å². The summed E-state index contributed by atoms with van der Waals surface area (Å²) in [6.07, 6.45) is 2.00. The molecule has 1 fully saturated rings. The summed E-state index contributed by atoms with van der Waals surface area (Å²) in [6.45, 7) is 4.36. The van der Waals surface area contributed by atoms with Crippen LogP contribution in [0.1, 0.15) is 41.4 Å². The van der Waals surface area contributed by atoms with Gasteiger partial charge in [0.05, 0.1) is 0 Å². The van der Waals surface area contributed by atoms with Crippen LogP contribution in [0.4, 0.5) is 0 Å². The highest BCUT2D eigenvalue weighted by Crippen LogP contribution is 2.37. The summed E-state index contributed by atoms with van der Waals surface area (Å²) in [4.78, 5) is 13.3. The molecule has 3 heterocycles. The number of rotatable bonds is 4. The van der Waals surface area contributed by atoms with E-state index in [1.807, 2.05) is 36.4 Å².